The molecule has 3 aromatic carbocycles. The lowest BCUT2D eigenvalue weighted by atomic mass is 9.78. The molecule has 1 saturated heterocycles. The Labute approximate surface area is 204 Å². The van der Waals surface area contributed by atoms with Crippen molar-refractivity contribution in [3.8, 4) is 11.5 Å². The lowest BCUT2D eigenvalue weighted by Crippen LogP contribution is -2.18. The van der Waals surface area contributed by atoms with Crippen LogP contribution in [0.5, 0.6) is 11.5 Å². The number of thiocarbonyl (C=S) groups is 1. The molecule has 0 atom stereocenters. The number of nitrogens with one attached hydrogen (secondary N) is 1. The fourth-order valence-corrected chi connectivity index (χ4v) is 4.62. The maximum Gasteiger partial charge on any atom is 0.263 e. The van der Waals surface area contributed by atoms with Crippen LogP contribution in [0.1, 0.15) is 30.5 Å². The van der Waals surface area contributed by atoms with Crippen molar-refractivity contribution in [2.75, 3.05) is 13.2 Å². The second kappa shape index (κ2) is 10.2. The number of carbonyl (C=O) groups is 1. The van der Waals surface area contributed by atoms with E-state index >= 15 is 0 Å². The molecule has 0 radical (unpaired) electrons. The number of rotatable bonds is 8. The van der Waals surface area contributed by atoms with Crippen molar-refractivity contribution in [2.45, 2.75) is 19.3 Å². The van der Waals surface area contributed by atoms with Crippen molar-refractivity contribution in [3.05, 3.63) is 100 Å². The Morgan fingerprint density at radius 2 is 1.55 bits per heavy atom. The van der Waals surface area contributed by atoms with Crippen molar-refractivity contribution < 1.29 is 14.3 Å². The van der Waals surface area contributed by atoms with Crippen molar-refractivity contribution >= 4 is 40.3 Å². The highest BCUT2D eigenvalue weighted by Crippen LogP contribution is 2.32. The highest BCUT2D eigenvalue weighted by molar-refractivity contribution is 8.26. The predicted octanol–water partition coefficient (Wildman–Crippen LogP) is 5.96. The van der Waals surface area contributed by atoms with Crippen LogP contribution >= 0.6 is 24.0 Å². The second-order valence-corrected chi connectivity index (χ2v) is 9.86. The van der Waals surface area contributed by atoms with E-state index in [-0.39, 0.29) is 11.3 Å². The summed E-state index contributed by atoms with van der Waals surface area (Å²) in [6, 6.07) is 26.3. The van der Waals surface area contributed by atoms with Gasteiger partial charge in [0.2, 0.25) is 0 Å². The molecule has 1 aliphatic heterocycles. The zero-order chi connectivity index (χ0) is 23.3. The van der Waals surface area contributed by atoms with Gasteiger partial charge < -0.3 is 14.8 Å². The van der Waals surface area contributed by atoms with Crippen LogP contribution in [0.3, 0.4) is 0 Å². The summed E-state index contributed by atoms with van der Waals surface area (Å²) in [7, 11) is 0. The van der Waals surface area contributed by atoms with E-state index in [1.807, 2.05) is 42.5 Å². The molecular weight excluding hydrogens is 450 g/mol. The summed E-state index contributed by atoms with van der Waals surface area (Å²) in [5.41, 5.74) is 3.32. The van der Waals surface area contributed by atoms with Gasteiger partial charge >= 0.3 is 0 Å². The van der Waals surface area contributed by atoms with E-state index in [4.69, 9.17) is 21.7 Å². The minimum Gasteiger partial charge on any atom is -0.490 e. The zero-order valence-corrected chi connectivity index (χ0v) is 20.2. The molecule has 1 amide bonds. The van der Waals surface area contributed by atoms with Gasteiger partial charge in [-0.1, -0.05) is 92.4 Å². The van der Waals surface area contributed by atoms with E-state index in [1.54, 1.807) is 6.08 Å². The van der Waals surface area contributed by atoms with E-state index in [2.05, 4.69) is 55.6 Å². The molecule has 3 aromatic rings. The average Bonchev–Trinajstić information content (AvgIpc) is 3.14. The van der Waals surface area contributed by atoms with Gasteiger partial charge in [-0.25, -0.2) is 0 Å². The van der Waals surface area contributed by atoms with E-state index in [0.717, 1.165) is 17.1 Å². The zero-order valence-electron chi connectivity index (χ0n) is 18.5. The Bertz CT molecular complexity index is 1170. The van der Waals surface area contributed by atoms with Crippen LogP contribution in [0.15, 0.2) is 83.8 Å². The minimum absolute atomic E-state index is 0.0776. The van der Waals surface area contributed by atoms with Crippen LogP contribution < -0.4 is 14.8 Å². The lowest BCUT2D eigenvalue weighted by molar-refractivity contribution is -0.115. The number of hydrogen-bond acceptors (Lipinski definition) is 5. The van der Waals surface area contributed by atoms with Crippen molar-refractivity contribution in [1.82, 2.24) is 5.32 Å². The summed E-state index contributed by atoms with van der Waals surface area (Å²) in [4.78, 5) is 12.4. The molecule has 168 valence electrons. The number of hydrogen-bond donors (Lipinski definition) is 1. The van der Waals surface area contributed by atoms with Gasteiger partial charge in [0, 0.05) is 5.41 Å². The van der Waals surface area contributed by atoms with Gasteiger partial charge in [0.05, 0.1) is 4.91 Å². The fourth-order valence-electron chi connectivity index (χ4n) is 3.57. The minimum atomic E-state index is -0.164. The molecule has 0 bridgehead atoms. The molecule has 1 N–H and O–H groups in total. The summed E-state index contributed by atoms with van der Waals surface area (Å²) in [6.45, 7) is 5.29. The van der Waals surface area contributed by atoms with Gasteiger partial charge in [0.25, 0.3) is 5.91 Å². The topological polar surface area (TPSA) is 47.6 Å². The normalized spacial score (nSPS) is 14.9. The molecule has 4 rings (SSSR count). The van der Waals surface area contributed by atoms with E-state index in [0.29, 0.717) is 22.4 Å². The van der Waals surface area contributed by atoms with E-state index < -0.39 is 0 Å². The third-order valence-corrected chi connectivity index (χ3v) is 6.65. The Morgan fingerprint density at radius 1 is 0.879 bits per heavy atom. The molecule has 4 nitrogen and oxygen atoms in total. The molecular formula is C27H25NO3S2. The van der Waals surface area contributed by atoms with Crippen LogP contribution in [-0.4, -0.2) is 23.4 Å². The van der Waals surface area contributed by atoms with Gasteiger partial charge in [-0.3, -0.25) is 4.79 Å². The summed E-state index contributed by atoms with van der Waals surface area (Å²) < 4.78 is 12.2. The van der Waals surface area contributed by atoms with Crippen molar-refractivity contribution in [1.29, 1.82) is 0 Å². The number of thioether (sulfide) groups is 1. The van der Waals surface area contributed by atoms with Gasteiger partial charge in [-0.15, -0.1) is 0 Å². The predicted molar refractivity (Wildman–Crippen MR) is 139 cm³/mol. The maximum absolute atomic E-state index is 11.8. The number of ether oxygens (including phenoxy) is 2. The molecule has 0 unspecified atom stereocenters. The van der Waals surface area contributed by atoms with E-state index in [1.165, 1.54) is 22.9 Å². The first-order chi connectivity index (χ1) is 15.9. The fraction of sp³-hybridized carbons (Fsp3) is 0.185. The molecule has 6 heteroatoms. The standard InChI is InChI=1S/C27H25NO3S2/c1-27(2,20-8-4-3-5-9-20)21-11-13-22(14-12-21)30-15-16-31-23-10-6-7-19(17-23)18-24-25(29)28-26(32)33-24/h3-14,17-18H,15-16H2,1-2H3,(H,28,29,32)/b24-18-. The first-order valence-corrected chi connectivity index (χ1v) is 11.9. The summed E-state index contributed by atoms with van der Waals surface area (Å²) in [5.74, 6) is 1.37. The van der Waals surface area contributed by atoms with Crippen LogP contribution in [0.25, 0.3) is 6.08 Å². The van der Waals surface area contributed by atoms with Crippen molar-refractivity contribution in [3.63, 3.8) is 0 Å². The maximum atomic E-state index is 11.8. The molecule has 0 spiro atoms. The van der Waals surface area contributed by atoms with Crippen LogP contribution in [0.2, 0.25) is 0 Å². The number of carbonyl (C=O) groups excluding carboxylic acids is 1. The molecule has 0 saturated carbocycles. The smallest absolute Gasteiger partial charge is 0.263 e. The first kappa shape index (κ1) is 23.1. The van der Waals surface area contributed by atoms with Crippen molar-refractivity contribution in [2.24, 2.45) is 0 Å². The number of benzene rings is 3. The molecule has 1 aliphatic rings. The quantitative estimate of drug-likeness (QED) is 0.247. The average molecular weight is 476 g/mol. The summed E-state index contributed by atoms with van der Waals surface area (Å²) in [5, 5.41) is 2.62. The molecule has 33 heavy (non-hydrogen) atoms. The van der Waals surface area contributed by atoms with Gasteiger partial charge in [-0.05, 0) is 47.0 Å². The Morgan fingerprint density at radius 3 is 2.21 bits per heavy atom. The summed E-state index contributed by atoms with van der Waals surface area (Å²) in [6.07, 6.45) is 1.81. The van der Waals surface area contributed by atoms with E-state index in [9.17, 15) is 4.79 Å². The molecule has 0 aromatic heterocycles. The third-order valence-electron chi connectivity index (χ3n) is 5.49. The van der Waals surface area contributed by atoms with Crippen LogP contribution in [0, 0.1) is 0 Å². The third kappa shape index (κ3) is 5.83. The van der Waals surface area contributed by atoms with Gasteiger partial charge in [0.15, 0.2) is 0 Å². The molecule has 0 aliphatic carbocycles. The van der Waals surface area contributed by atoms with Gasteiger partial charge in [-0.2, -0.15) is 0 Å². The summed E-state index contributed by atoms with van der Waals surface area (Å²) >= 11 is 6.29. The Kier molecular flexibility index (Phi) is 7.16. The Balaban J connectivity index is 1.29. The number of amides is 1. The SMILES string of the molecule is CC(C)(c1ccccc1)c1ccc(OCCOc2cccc(/C=C3\SC(=S)NC3=O)c2)cc1. The van der Waals surface area contributed by atoms with Crippen LogP contribution in [0.4, 0.5) is 0 Å². The van der Waals surface area contributed by atoms with Gasteiger partial charge in [0.1, 0.15) is 29.0 Å². The van der Waals surface area contributed by atoms with Crippen LogP contribution in [-0.2, 0) is 10.2 Å². The molecule has 1 fully saturated rings. The largest absolute Gasteiger partial charge is 0.490 e. The Hall–Kier alpha value is -3.09. The monoisotopic (exact) mass is 475 g/mol. The first-order valence-electron chi connectivity index (χ1n) is 10.7. The lowest BCUT2D eigenvalue weighted by Gasteiger charge is -2.26. The second-order valence-electron chi connectivity index (χ2n) is 8.14. The highest BCUT2D eigenvalue weighted by Gasteiger charge is 2.23. The molecule has 1 heterocycles. The highest BCUT2D eigenvalue weighted by atomic mass is 32.2.